The van der Waals surface area contributed by atoms with Gasteiger partial charge < -0.3 is 19.6 Å². The van der Waals surface area contributed by atoms with Crippen molar-refractivity contribution in [1.82, 2.24) is 0 Å². The lowest BCUT2D eigenvalue weighted by molar-refractivity contribution is 0.575. The normalized spacial score (nSPS) is 11.4. The van der Waals surface area contributed by atoms with Crippen LogP contribution in [0.25, 0.3) is 0 Å². The van der Waals surface area contributed by atoms with Gasteiger partial charge in [0.2, 0.25) is 0 Å². The van der Waals surface area contributed by atoms with Crippen LogP contribution >= 0.6 is 0 Å². The van der Waals surface area contributed by atoms with Gasteiger partial charge in [-0.1, -0.05) is 234 Å². The molecule has 0 aliphatic carbocycles. The van der Waals surface area contributed by atoms with Crippen LogP contribution < -0.4 is 19.6 Å². The molecule has 398 valence electrons. The van der Waals surface area contributed by atoms with E-state index in [9.17, 15) is 0 Å². The summed E-state index contributed by atoms with van der Waals surface area (Å²) in [6.07, 6.45) is 48.4. The molecule has 0 fully saturated rings. The van der Waals surface area contributed by atoms with Gasteiger partial charge >= 0.3 is 0 Å². The molecule has 70 heavy (non-hydrogen) atoms. The van der Waals surface area contributed by atoms with Crippen molar-refractivity contribution in [3.63, 3.8) is 0 Å². The Morgan fingerprint density at radius 3 is 0.500 bits per heavy atom. The number of nitrogens with zero attached hydrogens (tertiary/aromatic N) is 4. The molecule has 0 atom stereocenters. The van der Waals surface area contributed by atoms with E-state index in [0.29, 0.717) is 0 Å². The largest absolute Gasteiger partial charge is 0.372 e. The molecular formula is C66H114N4. The number of hydrogen-bond acceptors (Lipinski definition) is 4. The maximum atomic E-state index is 2.71. The summed E-state index contributed by atoms with van der Waals surface area (Å²) in [5.74, 6) is 0. The quantitative estimate of drug-likeness (QED) is 0.0523. The van der Waals surface area contributed by atoms with Crippen LogP contribution in [0.3, 0.4) is 0 Å². The second-order valence-electron chi connectivity index (χ2n) is 21.5. The Balaban J connectivity index is 1.95. The summed E-state index contributed by atoms with van der Waals surface area (Å²) in [5, 5.41) is 0. The first-order chi connectivity index (χ1) is 34.6. The Morgan fingerprint density at radius 2 is 0.329 bits per heavy atom. The summed E-state index contributed by atoms with van der Waals surface area (Å²) in [6.45, 7) is 20.9. The molecule has 0 amide bonds. The average molecular weight is 964 g/mol. The van der Waals surface area contributed by atoms with Crippen LogP contribution in [0.5, 0.6) is 0 Å². The zero-order valence-electron chi connectivity index (χ0n) is 47.4. The second-order valence-corrected chi connectivity index (χ2v) is 21.5. The predicted molar refractivity (Wildman–Crippen MR) is 318 cm³/mol. The highest BCUT2D eigenvalue weighted by molar-refractivity contribution is 5.79. The fraction of sp³-hybridized carbons (Fsp3) is 0.727. The predicted octanol–water partition coefficient (Wildman–Crippen LogP) is 21.7. The molecule has 4 heteroatoms. The van der Waals surface area contributed by atoms with E-state index in [0.717, 1.165) is 39.3 Å². The lowest BCUT2D eigenvalue weighted by Crippen LogP contribution is -2.26. The minimum atomic E-state index is 1.16. The Bertz CT molecular complexity index is 1330. The molecule has 0 saturated carbocycles. The first-order valence-corrected chi connectivity index (χ1v) is 30.9. The van der Waals surface area contributed by atoms with E-state index in [4.69, 9.17) is 0 Å². The fourth-order valence-corrected chi connectivity index (χ4v) is 10.5. The second kappa shape index (κ2) is 42.4. The number of rotatable bonds is 48. The van der Waals surface area contributed by atoms with Crippen molar-refractivity contribution in [2.24, 2.45) is 0 Å². The van der Waals surface area contributed by atoms with E-state index >= 15 is 0 Å². The lowest BCUT2D eigenvalue weighted by atomic mass is 10.1. The molecule has 0 bridgehead atoms. The van der Waals surface area contributed by atoms with Crippen LogP contribution in [0.2, 0.25) is 0 Å². The summed E-state index contributed by atoms with van der Waals surface area (Å²) in [5.41, 5.74) is 7.89. The van der Waals surface area contributed by atoms with Crippen molar-refractivity contribution in [3.05, 3.63) is 72.8 Å². The minimum Gasteiger partial charge on any atom is -0.372 e. The SMILES string of the molecule is CCCCCCCCN(CCCCCCCC)c1ccc(N(c2ccc(N(CCCCCCCC)CCCCCCCC)cc2)c2ccc(N(CCCCCCCC)CCCCCCCC)cc2)cc1. The van der Waals surface area contributed by atoms with Gasteiger partial charge in [0, 0.05) is 73.4 Å². The van der Waals surface area contributed by atoms with Crippen molar-refractivity contribution in [2.45, 2.75) is 273 Å². The molecule has 3 rings (SSSR count). The van der Waals surface area contributed by atoms with Crippen molar-refractivity contribution in [3.8, 4) is 0 Å². The number of anilines is 6. The molecule has 3 aromatic carbocycles. The molecular weight excluding hydrogens is 849 g/mol. The highest BCUT2D eigenvalue weighted by Crippen LogP contribution is 2.38. The molecule has 0 aliphatic heterocycles. The Hall–Kier alpha value is -3.14. The molecule has 0 radical (unpaired) electrons. The zero-order valence-corrected chi connectivity index (χ0v) is 47.4. The number of benzene rings is 3. The van der Waals surface area contributed by atoms with Gasteiger partial charge in [-0.25, -0.2) is 0 Å². The number of hydrogen-bond donors (Lipinski definition) is 0. The summed E-state index contributed by atoms with van der Waals surface area (Å²) >= 11 is 0. The van der Waals surface area contributed by atoms with E-state index in [1.54, 1.807) is 0 Å². The van der Waals surface area contributed by atoms with E-state index in [1.165, 1.54) is 265 Å². The molecule has 0 aliphatic rings. The van der Waals surface area contributed by atoms with E-state index < -0.39 is 0 Å². The van der Waals surface area contributed by atoms with Gasteiger partial charge in [-0.3, -0.25) is 0 Å². The van der Waals surface area contributed by atoms with Crippen LogP contribution in [0.1, 0.15) is 273 Å². The van der Waals surface area contributed by atoms with Crippen LogP contribution in [0.15, 0.2) is 72.8 Å². The molecule has 0 heterocycles. The lowest BCUT2D eigenvalue weighted by Gasteiger charge is -2.30. The van der Waals surface area contributed by atoms with Gasteiger partial charge in [0.25, 0.3) is 0 Å². The average Bonchev–Trinajstić information content (AvgIpc) is 3.39. The van der Waals surface area contributed by atoms with Gasteiger partial charge in [-0.2, -0.15) is 0 Å². The fourth-order valence-electron chi connectivity index (χ4n) is 10.5. The molecule has 0 spiro atoms. The topological polar surface area (TPSA) is 13.0 Å². The Labute approximate surface area is 436 Å². The first kappa shape index (κ1) is 61.2. The minimum absolute atomic E-state index is 1.16. The number of unbranched alkanes of at least 4 members (excludes halogenated alkanes) is 30. The molecule has 0 aromatic heterocycles. The molecule has 4 nitrogen and oxygen atoms in total. The van der Waals surface area contributed by atoms with Gasteiger partial charge in [-0.15, -0.1) is 0 Å². The van der Waals surface area contributed by atoms with Crippen molar-refractivity contribution >= 4 is 34.1 Å². The molecule has 0 saturated heterocycles. The van der Waals surface area contributed by atoms with E-state index in [1.807, 2.05) is 0 Å². The highest BCUT2D eigenvalue weighted by Gasteiger charge is 2.17. The summed E-state index contributed by atoms with van der Waals surface area (Å²) < 4.78 is 0. The maximum absolute atomic E-state index is 2.71. The maximum Gasteiger partial charge on any atom is 0.0463 e. The smallest absolute Gasteiger partial charge is 0.0463 e. The van der Waals surface area contributed by atoms with Gasteiger partial charge in [-0.05, 0) is 111 Å². The highest BCUT2D eigenvalue weighted by atomic mass is 15.2. The van der Waals surface area contributed by atoms with Crippen LogP contribution in [0, 0.1) is 0 Å². The first-order valence-electron chi connectivity index (χ1n) is 30.9. The van der Waals surface area contributed by atoms with Gasteiger partial charge in [0.05, 0.1) is 0 Å². The third-order valence-corrected chi connectivity index (χ3v) is 15.1. The van der Waals surface area contributed by atoms with Crippen LogP contribution in [-0.2, 0) is 0 Å². The van der Waals surface area contributed by atoms with Crippen molar-refractivity contribution in [1.29, 1.82) is 0 Å². The Kier molecular flexibility index (Phi) is 37.0. The van der Waals surface area contributed by atoms with Crippen molar-refractivity contribution < 1.29 is 0 Å². The monoisotopic (exact) mass is 963 g/mol. The van der Waals surface area contributed by atoms with Gasteiger partial charge in [0.15, 0.2) is 0 Å². The third-order valence-electron chi connectivity index (χ3n) is 15.1. The summed E-state index contributed by atoms with van der Waals surface area (Å²) in [7, 11) is 0. The van der Waals surface area contributed by atoms with Crippen LogP contribution in [-0.4, -0.2) is 39.3 Å². The van der Waals surface area contributed by atoms with E-state index in [-0.39, 0.29) is 0 Å². The van der Waals surface area contributed by atoms with Crippen molar-refractivity contribution in [2.75, 3.05) is 58.9 Å². The van der Waals surface area contributed by atoms with Crippen LogP contribution in [0.4, 0.5) is 34.1 Å². The Morgan fingerprint density at radius 1 is 0.186 bits per heavy atom. The molecule has 3 aromatic rings. The van der Waals surface area contributed by atoms with E-state index in [2.05, 4.69) is 134 Å². The molecule has 0 unspecified atom stereocenters. The van der Waals surface area contributed by atoms with Gasteiger partial charge in [0.1, 0.15) is 0 Å². The standard InChI is InChI=1S/C66H114N4/c1-7-13-19-25-31-37-55-67(56-38-32-26-20-14-8-2)61-43-49-64(50-44-61)70(65-51-45-62(46-52-65)68(57-39-33-27-21-15-9-3)58-40-34-28-22-16-10-4)66-53-47-63(48-54-66)69(59-41-35-29-23-17-11-5)60-42-36-30-24-18-12-6/h43-54H,7-42,55-60H2,1-6H3. The molecule has 0 N–H and O–H groups in total. The third kappa shape index (κ3) is 27.1. The summed E-state index contributed by atoms with van der Waals surface area (Å²) in [4.78, 5) is 10.7. The summed E-state index contributed by atoms with van der Waals surface area (Å²) in [6, 6.07) is 29.1. The zero-order chi connectivity index (χ0) is 50.0.